The van der Waals surface area contributed by atoms with Crippen LogP contribution in [0.5, 0.6) is 5.75 Å². The number of fused-ring (bicyclic) bond motifs is 1. The summed E-state index contributed by atoms with van der Waals surface area (Å²) in [6, 6.07) is 13.6. The number of hydrogen-bond donors (Lipinski definition) is 1. The summed E-state index contributed by atoms with van der Waals surface area (Å²) in [7, 11) is 0. The molecule has 2 aromatic rings. The number of amides is 1. The molecule has 3 aliphatic rings. The van der Waals surface area contributed by atoms with E-state index in [1.807, 2.05) is 0 Å². The number of rotatable bonds is 5. The summed E-state index contributed by atoms with van der Waals surface area (Å²) in [4.78, 5) is 16.8. The Hall–Kier alpha value is -3.26. The molecule has 1 amide bonds. The number of hydrogen-bond acceptors (Lipinski definition) is 5. The number of ether oxygens (including phenoxy) is 1. The van der Waals surface area contributed by atoms with Gasteiger partial charge in [0.05, 0.1) is 5.57 Å². The fourth-order valence-electron chi connectivity index (χ4n) is 4.12. The largest absolute Gasteiger partial charge is 0.489 e. The zero-order valence-corrected chi connectivity index (χ0v) is 18.8. The first-order chi connectivity index (χ1) is 16.1. The lowest BCUT2D eigenvalue weighted by atomic mass is 9.90. The average Bonchev–Trinajstić information content (AvgIpc) is 3.27. The molecule has 0 saturated heterocycles. The Morgan fingerprint density at radius 2 is 1.88 bits per heavy atom. The van der Waals surface area contributed by atoms with Gasteiger partial charge in [-0.2, -0.15) is 15.1 Å². The Morgan fingerprint density at radius 1 is 1.12 bits per heavy atom. The van der Waals surface area contributed by atoms with Gasteiger partial charge in [-0.1, -0.05) is 49.6 Å². The van der Waals surface area contributed by atoms with Crippen molar-refractivity contribution in [1.82, 2.24) is 5.01 Å². The lowest BCUT2D eigenvalue weighted by Gasteiger charge is -2.20. The number of nitrogens with one attached hydrogen (secondary N) is 1. The number of thioether (sulfide) groups is 1. The highest BCUT2D eigenvalue weighted by molar-refractivity contribution is 8.27. The molecule has 1 fully saturated rings. The van der Waals surface area contributed by atoms with E-state index in [2.05, 4.69) is 10.1 Å². The summed E-state index contributed by atoms with van der Waals surface area (Å²) < 4.78 is 19.4. The number of hydrazone groups is 1. The second kappa shape index (κ2) is 9.31. The molecular weight excluding hydrogens is 439 g/mol. The molecule has 168 valence electrons. The van der Waals surface area contributed by atoms with Gasteiger partial charge in [0, 0.05) is 11.5 Å². The van der Waals surface area contributed by atoms with E-state index >= 15 is 0 Å². The maximum atomic E-state index is 13.7. The minimum absolute atomic E-state index is 0.0446. The van der Waals surface area contributed by atoms with Crippen molar-refractivity contribution < 1.29 is 13.9 Å². The fourth-order valence-corrected chi connectivity index (χ4v) is 5.18. The first-order valence-corrected chi connectivity index (χ1v) is 11.9. The Kier molecular flexibility index (Phi) is 6.09. The Balaban J connectivity index is 1.29. The normalized spacial score (nSPS) is 20.0. The van der Waals surface area contributed by atoms with Crippen molar-refractivity contribution in [3.8, 4) is 5.75 Å². The fraction of sp³-hybridized carbons (Fsp3) is 0.280. The number of aliphatic imine (C=N–C) groups is 1. The lowest BCUT2D eigenvalue weighted by molar-refractivity contribution is -0.114. The van der Waals surface area contributed by atoms with Crippen LogP contribution in [-0.4, -0.2) is 27.0 Å². The van der Waals surface area contributed by atoms with E-state index in [-0.39, 0.29) is 23.8 Å². The van der Waals surface area contributed by atoms with Gasteiger partial charge in [0.25, 0.3) is 5.91 Å². The molecule has 33 heavy (non-hydrogen) atoms. The monoisotopic (exact) mass is 462 g/mol. The van der Waals surface area contributed by atoms with Crippen molar-refractivity contribution in [1.29, 1.82) is 5.41 Å². The molecule has 5 rings (SSSR count). The average molecular weight is 463 g/mol. The van der Waals surface area contributed by atoms with Crippen LogP contribution in [-0.2, 0) is 11.4 Å². The molecule has 0 radical (unpaired) electrons. The van der Waals surface area contributed by atoms with Crippen molar-refractivity contribution in [3.05, 3.63) is 71.0 Å². The summed E-state index contributed by atoms with van der Waals surface area (Å²) in [5.41, 5.74) is 1.42. The van der Waals surface area contributed by atoms with Crippen molar-refractivity contribution in [3.63, 3.8) is 0 Å². The van der Waals surface area contributed by atoms with Gasteiger partial charge in [-0.05, 0) is 54.4 Å². The molecule has 2 aliphatic heterocycles. The Morgan fingerprint density at radius 3 is 2.64 bits per heavy atom. The lowest BCUT2D eigenvalue weighted by Crippen LogP contribution is -2.35. The van der Waals surface area contributed by atoms with E-state index in [0.717, 1.165) is 23.4 Å². The maximum absolute atomic E-state index is 13.7. The highest BCUT2D eigenvalue weighted by atomic mass is 32.2. The molecule has 2 heterocycles. The molecule has 0 unspecified atom stereocenters. The highest BCUT2D eigenvalue weighted by Gasteiger charge is 2.37. The first-order valence-electron chi connectivity index (χ1n) is 11.0. The van der Waals surface area contributed by atoms with Crippen LogP contribution < -0.4 is 4.74 Å². The van der Waals surface area contributed by atoms with Crippen molar-refractivity contribution in [2.45, 2.75) is 38.7 Å². The van der Waals surface area contributed by atoms with Gasteiger partial charge in [-0.25, -0.2) is 4.39 Å². The van der Waals surface area contributed by atoms with E-state index in [1.165, 1.54) is 42.1 Å². The SMILES string of the molecule is N=C1/C(=C/c2ccc(OCc3ccccc3F)cc2)C(=O)N=C2SC(C3CCCCC3)=NN12. The molecule has 8 heteroatoms. The number of carbonyl (C=O) groups excluding carboxylic acids is 1. The predicted octanol–water partition coefficient (Wildman–Crippen LogP) is 5.60. The van der Waals surface area contributed by atoms with E-state index in [0.29, 0.717) is 22.4 Å². The molecule has 1 saturated carbocycles. The molecule has 0 spiro atoms. The molecule has 1 aliphatic carbocycles. The second-order valence-electron chi connectivity index (χ2n) is 8.24. The summed E-state index contributed by atoms with van der Waals surface area (Å²) >= 11 is 1.42. The molecule has 1 N–H and O–H groups in total. The molecule has 0 aromatic heterocycles. The van der Waals surface area contributed by atoms with Crippen LogP contribution in [0, 0.1) is 17.1 Å². The predicted molar refractivity (Wildman–Crippen MR) is 129 cm³/mol. The van der Waals surface area contributed by atoms with Gasteiger partial charge in [0.1, 0.15) is 23.2 Å². The van der Waals surface area contributed by atoms with Crippen LogP contribution in [0.15, 0.2) is 64.2 Å². The van der Waals surface area contributed by atoms with Crippen LogP contribution >= 0.6 is 11.8 Å². The second-order valence-corrected chi connectivity index (χ2v) is 9.23. The Labute approximate surface area is 195 Å². The number of benzene rings is 2. The van der Waals surface area contributed by atoms with E-state index in [1.54, 1.807) is 48.5 Å². The molecule has 6 nitrogen and oxygen atoms in total. The van der Waals surface area contributed by atoms with E-state index < -0.39 is 5.91 Å². The zero-order valence-electron chi connectivity index (χ0n) is 18.0. The summed E-state index contributed by atoms with van der Waals surface area (Å²) in [5, 5.41) is 16.1. The maximum Gasteiger partial charge on any atom is 0.283 e. The quantitative estimate of drug-likeness (QED) is 0.587. The van der Waals surface area contributed by atoms with Gasteiger partial charge in [0.15, 0.2) is 5.84 Å². The standard InChI is InChI=1S/C25H23FN4O2S/c26-21-9-5-4-8-18(21)15-32-19-12-10-16(11-13-19)14-20-22(27)30-25(28-23(20)31)33-24(29-30)17-6-2-1-3-7-17/h4-5,8-14,17,27H,1-3,6-7,15H2/b20-14-,27-22?. The van der Waals surface area contributed by atoms with Crippen LogP contribution in [0.4, 0.5) is 4.39 Å². The smallest absolute Gasteiger partial charge is 0.283 e. The minimum Gasteiger partial charge on any atom is -0.489 e. The highest BCUT2D eigenvalue weighted by Crippen LogP contribution is 2.36. The van der Waals surface area contributed by atoms with Crippen LogP contribution in [0.3, 0.4) is 0 Å². The number of nitrogens with zero attached hydrogens (tertiary/aromatic N) is 3. The first kappa shape index (κ1) is 21.6. The van der Waals surface area contributed by atoms with Crippen LogP contribution in [0.2, 0.25) is 0 Å². The zero-order chi connectivity index (χ0) is 22.8. The topological polar surface area (TPSA) is 78.1 Å². The van der Waals surface area contributed by atoms with Gasteiger partial charge < -0.3 is 4.74 Å². The van der Waals surface area contributed by atoms with Gasteiger partial charge in [-0.3, -0.25) is 10.2 Å². The number of carbonyl (C=O) groups is 1. The van der Waals surface area contributed by atoms with Gasteiger partial charge in [0.2, 0.25) is 5.17 Å². The summed E-state index contributed by atoms with van der Waals surface area (Å²) in [5.74, 6) is 0.289. The van der Waals surface area contributed by atoms with E-state index in [9.17, 15) is 9.18 Å². The van der Waals surface area contributed by atoms with Crippen molar-refractivity contribution in [2.24, 2.45) is 16.0 Å². The third kappa shape index (κ3) is 4.61. The summed E-state index contributed by atoms with van der Waals surface area (Å²) in [6.45, 7) is 0.127. The van der Waals surface area contributed by atoms with Crippen molar-refractivity contribution in [2.75, 3.05) is 0 Å². The Bertz CT molecular complexity index is 1180. The minimum atomic E-state index is -0.432. The third-order valence-corrected chi connectivity index (χ3v) is 7.04. The molecule has 0 bridgehead atoms. The summed E-state index contributed by atoms with van der Waals surface area (Å²) in [6.07, 6.45) is 7.48. The molecule has 2 aromatic carbocycles. The number of halogens is 1. The van der Waals surface area contributed by atoms with Crippen molar-refractivity contribution >= 4 is 39.8 Å². The van der Waals surface area contributed by atoms with Gasteiger partial charge in [-0.15, -0.1) is 0 Å². The van der Waals surface area contributed by atoms with E-state index in [4.69, 9.17) is 10.1 Å². The third-order valence-electron chi connectivity index (χ3n) is 5.97. The number of amidine groups is 2. The van der Waals surface area contributed by atoms with Crippen LogP contribution in [0.25, 0.3) is 6.08 Å². The van der Waals surface area contributed by atoms with Gasteiger partial charge >= 0.3 is 0 Å². The molecule has 0 atom stereocenters. The molecular formula is C25H23FN4O2S. The van der Waals surface area contributed by atoms with Crippen LogP contribution in [0.1, 0.15) is 43.2 Å².